The smallest absolute Gasteiger partial charge is 0.0150 e. The fraction of sp³-hybridized carbons (Fsp3) is 0.500. The number of hydrogen-bond donors (Lipinski definition) is 0. The molecule has 8 heavy (non-hydrogen) atoms. The molecule has 0 heteroatoms. The second-order valence-electron chi connectivity index (χ2n) is 3.15. The molecular weight excluding hydrogens is 96.1 g/mol. The van der Waals surface area contributed by atoms with E-state index in [2.05, 4.69) is 12.2 Å². The summed E-state index contributed by atoms with van der Waals surface area (Å²) in [5.41, 5.74) is 3.28. The zero-order valence-corrected chi connectivity index (χ0v) is 4.72. The summed E-state index contributed by atoms with van der Waals surface area (Å²) in [6.45, 7) is 0. The van der Waals surface area contributed by atoms with Crippen LogP contribution in [0.15, 0.2) is 23.3 Å². The van der Waals surface area contributed by atoms with Crippen molar-refractivity contribution in [2.45, 2.75) is 12.8 Å². The van der Waals surface area contributed by atoms with Crippen molar-refractivity contribution in [2.24, 2.45) is 11.8 Å². The van der Waals surface area contributed by atoms with Crippen LogP contribution < -0.4 is 0 Å². The second-order valence-corrected chi connectivity index (χ2v) is 3.15. The van der Waals surface area contributed by atoms with Crippen LogP contribution in [0.4, 0.5) is 0 Å². The van der Waals surface area contributed by atoms with Gasteiger partial charge in [0.05, 0.1) is 0 Å². The highest BCUT2D eigenvalue weighted by molar-refractivity contribution is 5.53. The molecule has 0 aliphatic heterocycles. The van der Waals surface area contributed by atoms with Gasteiger partial charge in [0, 0.05) is 0 Å². The lowest BCUT2D eigenvalue weighted by atomic mass is 9.57. The first-order valence-electron chi connectivity index (χ1n) is 3.37. The maximum atomic E-state index is 2.38. The lowest BCUT2D eigenvalue weighted by Crippen LogP contribution is -2.35. The molecule has 0 amide bonds. The minimum absolute atomic E-state index is 0.998. The number of hydrogen-bond acceptors (Lipinski definition) is 0. The lowest BCUT2D eigenvalue weighted by Gasteiger charge is -2.47. The molecule has 6 aliphatic rings. The predicted octanol–water partition coefficient (Wildman–Crippen LogP) is 1.89. The molecule has 40 valence electrons. The normalized spacial score (nSPS) is 46.0. The Morgan fingerprint density at radius 2 is 1.50 bits per heavy atom. The highest BCUT2D eigenvalue weighted by Gasteiger charge is 2.41. The van der Waals surface area contributed by atoms with E-state index in [9.17, 15) is 0 Å². The molecule has 6 rings (SSSR count). The zero-order valence-electron chi connectivity index (χ0n) is 4.72. The summed E-state index contributed by atoms with van der Waals surface area (Å²) in [4.78, 5) is 0. The van der Waals surface area contributed by atoms with Crippen LogP contribution in [0.3, 0.4) is 0 Å². The Morgan fingerprint density at radius 1 is 1.00 bits per heavy atom. The van der Waals surface area contributed by atoms with E-state index < -0.39 is 0 Å². The van der Waals surface area contributed by atoms with Gasteiger partial charge in [-0.15, -0.1) is 0 Å². The summed E-state index contributed by atoms with van der Waals surface area (Å²) in [7, 11) is 0. The van der Waals surface area contributed by atoms with Gasteiger partial charge >= 0.3 is 0 Å². The lowest BCUT2D eigenvalue weighted by molar-refractivity contribution is 0.244. The summed E-state index contributed by atoms with van der Waals surface area (Å²) in [5.74, 6) is 2.00. The molecule has 0 aromatic rings. The van der Waals surface area contributed by atoms with Crippen LogP contribution in [-0.2, 0) is 0 Å². The van der Waals surface area contributed by atoms with Gasteiger partial charge in [-0.05, 0) is 35.8 Å². The summed E-state index contributed by atoms with van der Waals surface area (Å²) >= 11 is 0. The van der Waals surface area contributed by atoms with Gasteiger partial charge in [-0.25, -0.2) is 0 Å². The molecule has 0 nitrogen and oxygen atoms in total. The van der Waals surface area contributed by atoms with Gasteiger partial charge < -0.3 is 0 Å². The van der Waals surface area contributed by atoms with E-state index in [1.807, 2.05) is 0 Å². The summed E-state index contributed by atoms with van der Waals surface area (Å²) in [6, 6.07) is 0. The van der Waals surface area contributed by atoms with Crippen molar-refractivity contribution in [1.29, 1.82) is 0 Å². The van der Waals surface area contributed by atoms with E-state index >= 15 is 0 Å². The maximum absolute atomic E-state index is 2.38. The Kier molecular flexibility index (Phi) is 0.355. The van der Waals surface area contributed by atoms with Gasteiger partial charge in [-0.3, -0.25) is 0 Å². The van der Waals surface area contributed by atoms with Crippen LogP contribution in [0.2, 0.25) is 0 Å². The van der Waals surface area contributed by atoms with Crippen LogP contribution in [0.1, 0.15) is 12.8 Å². The monoisotopic (exact) mass is 104 g/mol. The van der Waals surface area contributed by atoms with Crippen LogP contribution >= 0.6 is 0 Å². The third kappa shape index (κ3) is 0.199. The third-order valence-corrected chi connectivity index (χ3v) is 2.75. The number of allylic oxidation sites excluding steroid dienone is 4. The molecule has 0 saturated heterocycles. The van der Waals surface area contributed by atoms with Crippen molar-refractivity contribution >= 4 is 0 Å². The average Bonchev–Trinajstić information content (AvgIpc) is 1.60. The second kappa shape index (κ2) is 0.812. The van der Waals surface area contributed by atoms with Crippen molar-refractivity contribution in [1.82, 2.24) is 0 Å². The molecule has 0 atom stereocenters. The Bertz CT molecular complexity index is 175. The molecule has 0 radical (unpaired) electrons. The Morgan fingerprint density at radius 3 is 1.62 bits per heavy atom. The van der Waals surface area contributed by atoms with Crippen LogP contribution in [0.25, 0.3) is 0 Å². The average molecular weight is 104 g/mol. The molecule has 6 aliphatic carbocycles. The first-order chi connectivity index (χ1) is 3.93. The van der Waals surface area contributed by atoms with E-state index in [0.29, 0.717) is 0 Å². The van der Waals surface area contributed by atoms with Crippen LogP contribution in [-0.4, -0.2) is 0 Å². The molecule has 0 heterocycles. The Balaban J connectivity index is 2.21. The molecule has 0 unspecified atom stereocenters. The van der Waals surface area contributed by atoms with Gasteiger partial charge in [0.1, 0.15) is 0 Å². The summed E-state index contributed by atoms with van der Waals surface area (Å²) < 4.78 is 0. The van der Waals surface area contributed by atoms with Gasteiger partial charge in [0.15, 0.2) is 0 Å². The molecule has 1 fully saturated rings. The van der Waals surface area contributed by atoms with E-state index in [1.165, 1.54) is 12.8 Å². The molecule has 4 bridgehead atoms. The standard InChI is InChI=1S/C8H8/c1-5-2-6(1)8-3-7(5)4-8/h1-2,7-8H,3-4H2. The highest BCUT2D eigenvalue weighted by atomic mass is 14.5. The zero-order chi connectivity index (χ0) is 5.14. The van der Waals surface area contributed by atoms with E-state index in [-0.39, 0.29) is 0 Å². The van der Waals surface area contributed by atoms with E-state index in [1.54, 1.807) is 11.1 Å². The molecule has 0 aromatic heterocycles. The SMILES string of the molecule is C1=C2C=C1C1CC2C1. The summed E-state index contributed by atoms with van der Waals surface area (Å²) in [5, 5.41) is 0. The van der Waals surface area contributed by atoms with Crippen molar-refractivity contribution in [2.75, 3.05) is 0 Å². The maximum Gasteiger partial charge on any atom is -0.0150 e. The van der Waals surface area contributed by atoms with Crippen molar-refractivity contribution in [3.05, 3.63) is 23.3 Å². The Hall–Kier alpha value is -0.520. The molecular formula is C8H8. The van der Waals surface area contributed by atoms with Crippen molar-refractivity contribution in [3.63, 3.8) is 0 Å². The predicted molar refractivity (Wildman–Crippen MR) is 32.4 cm³/mol. The fourth-order valence-electron chi connectivity index (χ4n) is 2.01. The van der Waals surface area contributed by atoms with Crippen molar-refractivity contribution < 1.29 is 0 Å². The molecule has 1 saturated carbocycles. The molecule has 0 N–H and O–H groups in total. The third-order valence-electron chi connectivity index (χ3n) is 2.75. The van der Waals surface area contributed by atoms with E-state index in [0.717, 1.165) is 11.8 Å². The van der Waals surface area contributed by atoms with Gasteiger partial charge in [0.2, 0.25) is 0 Å². The van der Waals surface area contributed by atoms with Gasteiger partial charge in [-0.2, -0.15) is 0 Å². The quantitative estimate of drug-likeness (QED) is 0.440. The minimum Gasteiger partial charge on any atom is -0.0552 e. The topological polar surface area (TPSA) is 0 Å². The summed E-state index contributed by atoms with van der Waals surface area (Å²) in [6.07, 6.45) is 7.72. The molecule has 0 aromatic carbocycles. The first-order valence-corrected chi connectivity index (χ1v) is 3.37. The van der Waals surface area contributed by atoms with E-state index in [4.69, 9.17) is 0 Å². The van der Waals surface area contributed by atoms with Crippen molar-refractivity contribution in [3.8, 4) is 0 Å². The minimum atomic E-state index is 0.998. The Labute approximate surface area is 48.9 Å². The number of rotatable bonds is 0. The fourth-order valence-corrected chi connectivity index (χ4v) is 2.01. The van der Waals surface area contributed by atoms with Crippen LogP contribution in [0.5, 0.6) is 0 Å². The van der Waals surface area contributed by atoms with Crippen LogP contribution in [0, 0.1) is 11.8 Å². The highest BCUT2D eigenvalue weighted by Crippen LogP contribution is 2.54. The van der Waals surface area contributed by atoms with Gasteiger partial charge in [-0.1, -0.05) is 12.2 Å². The molecule has 0 spiro atoms. The largest absolute Gasteiger partial charge is 0.0552 e. The van der Waals surface area contributed by atoms with Gasteiger partial charge in [0.25, 0.3) is 0 Å². The first kappa shape index (κ1) is 3.49.